The van der Waals surface area contributed by atoms with Crippen molar-refractivity contribution in [1.29, 1.82) is 0 Å². The first-order valence-corrected chi connectivity index (χ1v) is 6.02. The molecule has 1 heterocycles. The van der Waals surface area contributed by atoms with Gasteiger partial charge < -0.3 is 14.3 Å². The minimum atomic E-state index is 0.0970. The lowest BCUT2D eigenvalue weighted by atomic mass is 9.95. The van der Waals surface area contributed by atoms with Crippen LogP contribution in [-0.2, 0) is 11.2 Å². The van der Waals surface area contributed by atoms with E-state index in [0.29, 0.717) is 23.8 Å². The van der Waals surface area contributed by atoms with E-state index in [1.165, 1.54) is 0 Å². The van der Waals surface area contributed by atoms with E-state index in [2.05, 4.69) is 0 Å². The highest BCUT2D eigenvalue weighted by molar-refractivity contribution is 6.32. The number of carbonyl (C=O) groups excluding carboxylic acids is 1. The van der Waals surface area contributed by atoms with E-state index in [0.717, 1.165) is 29.6 Å². The molecule has 92 valence electrons. The fourth-order valence-electron chi connectivity index (χ4n) is 2.11. The molecule has 1 atom stereocenters. The lowest BCUT2D eigenvalue weighted by Crippen LogP contribution is -1.99. The first-order chi connectivity index (χ1) is 8.19. The largest absolute Gasteiger partial charge is 0.493 e. The van der Waals surface area contributed by atoms with Crippen LogP contribution in [0.1, 0.15) is 30.4 Å². The summed E-state index contributed by atoms with van der Waals surface area (Å²) < 4.78 is 10.8. The molecule has 1 aliphatic rings. The zero-order chi connectivity index (χ0) is 12.4. The monoisotopic (exact) mass is 254 g/mol. The number of carbonyl (C=O) groups is 1. The number of ether oxygens (including phenoxy) is 2. The van der Waals surface area contributed by atoms with Gasteiger partial charge in [0.2, 0.25) is 0 Å². The maximum Gasteiger partial charge on any atom is 0.165 e. The second kappa shape index (κ2) is 4.96. The summed E-state index contributed by atoms with van der Waals surface area (Å²) in [6.07, 6.45) is 2.17. The molecule has 17 heavy (non-hydrogen) atoms. The third-order valence-electron chi connectivity index (χ3n) is 3.10. The molecule has 0 saturated heterocycles. The van der Waals surface area contributed by atoms with E-state index in [4.69, 9.17) is 21.1 Å². The van der Waals surface area contributed by atoms with Gasteiger partial charge >= 0.3 is 0 Å². The molecule has 0 aromatic heterocycles. The summed E-state index contributed by atoms with van der Waals surface area (Å²) in [7, 11) is 1.61. The Balaban J connectivity index is 2.50. The lowest BCUT2D eigenvalue weighted by molar-refractivity contribution is -0.108. The molecular formula is C13H15ClO3. The molecule has 0 saturated carbocycles. The van der Waals surface area contributed by atoms with Crippen molar-refractivity contribution in [2.75, 3.05) is 13.7 Å². The van der Waals surface area contributed by atoms with Crippen LogP contribution in [0.2, 0.25) is 5.02 Å². The minimum Gasteiger partial charge on any atom is -0.493 e. The van der Waals surface area contributed by atoms with Crippen molar-refractivity contribution in [1.82, 2.24) is 0 Å². The van der Waals surface area contributed by atoms with Crippen molar-refractivity contribution >= 4 is 17.9 Å². The first-order valence-electron chi connectivity index (χ1n) is 5.64. The van der Waals surface area contributed by atoms with Crippen molar-refractivity contribution < 1.29 is 14.3 Å². The summed E-state index contributed by atoms with van der Waals surface area (Å²) in [5.74, 6) is 1.55. The van der Waals surface area contributed by atoms with Crippen LogP contribution >= 0.6 is 11.6 Å². The maximum absolute atomic E-state index is 10.6. The van der Waals surface area contributed by atoms with Gasteiger partial charge in [0.05, 0.1) is 18.7 Å². The zero-order valence-electron chi connectivity index (χ0n) is 9.96. The van der Waals surface area contributed by atoms with Crippen LogP contribution in [0.3, 0.4) is 0 Å². The standard InChI is InChI=1S/C13H15ClO3/c1-8(3-5-15)10-7-11(16-2)13-9(12(10)14)4-6-17-13/h5,7-8H,3-4,6H2,1-2H3. The Morgan fingerprint density at radius 2 is 2.41 bits per heavy atom. The molecule has 0 radical (unpaired) electrons. The van der Waals surface area contributed by atoms with Crippen LogP contribution in [0.15, 0.2) is 6.07 Å². The number of hydrogen-bond donors (Lipinski definition) is 0. The average Bonchev–Trinajstić information content (AvgIpc) is 2.79. The minimum absolute atomic E-state index is 0.0970. The zero-order valence-corrected chi connectivity index (χ0v) is 10.7. The van der Waals surface area contributed by atoms with E-state index in [-0.39, 0.29) is 5.92 Å². The van der Waals surface area contributed by atoms with Crippen molar-refractivity contribution in [3.8, 4) is 11.5 Å². The Morgan fingerprint density at radius 3 is 3.06 bits per heavy atom. The molecular weight excluding hydrogens is 240 g/mol. The molecule has 1 aromatic carbocycles. The molecule has 1 unspecified atom stereocenters. The average molecular weight is 255 g/mol. The summed E-state index contributed by atoms with van der Waals surface area (Å²) in [5.41, 5.74) is 1.96. The first kappa shape index (κ1) is 12.2. The smallest absolute Gasteiger partial charge is 0.165 e. The predicted octanol–water partition coefficient (Wildman–Crippen LogP) is 2.98. The topological polar surface area (TPSA) is 35.5 Å². The van der Waals surface area contributed by atoms with Gasteiger partial charge in [0, 0.05) is 18.4 Å². The number of rotatable bonds is 4. The van der Waals surface area contributed by atoms with Gasteiger partial charge in [-0.3, -0.25) is 0 Å². The van der Waals surface area contributed by atoms with Crippen LogP contribution in [0.4, 0.5) is 0 Å². The van der Waals surface area contributed by atoms with E-state index in [1.807, 2.05) is 13.0 Å². The molecule has 2 rings (SSSR count). The second-order valence-corrected chi connectivity index (χ2v) is 4.57. The Kier molecular flexibility index (Phi) is 3.57. The molecule has 0 aliphatic carbocycles. The summed E-state index contributed by atoms with van der Waals surface area (Å²) in [6.45, 7) is 2.62. The highest BCUT2D eigenvalue weighted by Crippen LogP contribution is 2.44. The van der Waals surface area contributed by atoms with Crippen molar-refractivity contribution in [3.05, 3.63) is 22.2 Å². The highest BCUT2D eigenvalue weighted by Gasteiger charge is 2.25. The second-order valence-electron chi connectivity index (χ2n) is 4.19. The fraction of sp³-hybridized carbons (Fsp3) is 0.462. The highest BCUT2D eigenvalue weighted by atomic mass is 35.5. The molecule has 0 amide bonds. The van der Waals surface area contributed by atoms with E-state index in [1.54, 1.807) is 7.11 Å². The molecule has 0 spiro atoms. The molecule has 0 fully saturated rings. The Labute approximate surface area is 106 Å². The van der Waals surface area contributed by atoms with E-state index >= 15 is 0 Å². The quantitative estimate of drug-likeness (QED) is 0.775. The van der Waals surface area contributed by atoms with Gasteiger partial charge in [-0.15, -0.1) is 0 Å². The molecule has 0 bridgehead atoms. The van der Waals surface area contributed by atoms with Crippen molar-refractivity contribution in [2.45, 2.75) is 25.7 Å². The number of hydrogen-bond acceptors (Lipinski definition) is 3. The van der Waals surface area contributed by atoms with Crippen LogP contribution in [0.25, 0.3) is 0 Å². The van der Waals surface area contributed by atoms with Gasteiger partial charge in [-0.1, -0.05) is 18.5 Å². The van der Waals surface area contributed by atoms with Gasteiger partial charge in [0.1, 0.15) is 6.29 Å². The number of aldehydes is 1. The maximum atomic E-state index is 10.6. The van der Waals surface area contributed by atoms with Crippen LogP contribution in [0.5, 0.6) is 11.5 Å². The molecule has 0 N–H and O–H groups in total. The Morgan fingerprint density at radius 1 is 1.65 bits per heavy atom. The van der Waals surface area contributed by atoms with Crippen molar-refractivity contribution in [3.63, 3.8) is 0 Å². The van der Waals surface area contributed by atoms with Gasteiger partial charge in [-0.25, -0.2) is 0 Å². The lowest BCUT2D eigenvalue weighted by Gasteiger charge is -2.16. The van der Waals surface area contributed by atoms with Crippen LogP contribution < -0.4 is 9.47 Å². The molecule has 1 aromatic rings. The molecule has 4 heteroatoms. The number of halogens is 1. The third kappa shape index (κ3) is 2.12. The Hall–Kier alpha value is -1.22. The fourth-order valence-corrected chi connectivity index (χ4v) is 2.53. The summed E-state index contributed by atoms with van der Waals surface area (Å²) in [5, 5.41) is 0.715. The predicted molar refractivity (Wildman–Crippen MR) is 66.3 cm³/mol. The number of benzene rings is 1. The Bertz CT molecular complexity index is 443. The molecule has 3 nitrogen and oxygen atoms in total. The number of methoxy groups -OCH3 is 1. The third-order valence-corrected chi connectivity index (χ3v) is 3.55. The van der Waals surface area contributed by atoms with E-state index < -0.39 is 0 Å². The van der Waals surface area contributed by atoms with Gasteiger partial charge in [-0.2, -0.15) is 0 Å². The normalized spacial score (nSPS) is 15.0. The van der Waals surface area contributed by atoms with Crippen LogP contribution in [0, 0.1) is 0 Å². The number of fused-ring (bicyclic) bond motifs is 1. The molecule has 1 aliphatic heterocycles. The summed E-state index contributed by atoms with van der Waals surface area (Å²) >= 11 is 6.36. The van der Waals surface area contributed by atoms with E-state index in [9.17, 15) is 4.79 Å². The summed E-state index contributed by atoms with van der Waals surface area (Å²) in [4.78, 5) is 10.6. The van der Waals surface area contributed by atoms with Crippen molar-refractivity contribution in [2.24, 2.45) is 0 Å². The van der Waals surface area contributed by atoms with Gasteiger partial charge in [0.15, 0.2) is 11.5 Å². The SMILES string of the molecule is COc1cc(C(C)CC=O)c(Cl)c2c1OCC2. The van der Waals surface area contributed by atoms with Gasteiger partial charge in [0.25, 0.3) is 0 Å². The van der Waals surface area contributed by atoms with Gasteiger partial charge in [-0.05, 0) is 17.5 Å². The van der Waals surface area contributed by atoms with Crippen LogP contribution in [-0.4, -0.2) is 20.0 Å². The summed E-state index contributed by atoms with van der Waals surface area (Å²) in [6, 6.07) is 1.88.